The first-order chi connectivity index (χ1) is 9.70. The zero-order valence-electron chi connectivity index (χ0n) is 12.1. The van der Waals surface area contributed by atoms with Gasteiger partial charge in [0.05, 0.1) is 6.10 Å². The van der Waals surface area contributed by atoms with Crippen LogP contribution in [0.15, 0.2) is 18.2 Å². The Morgan fingerprint density at radius 2 is 2.00 bits per heavy atom. The Hall–Kier alpha value is -1.30. The van der Waals surface area contributed by atoms with Crippen LogP contribution in [0.1, 0.15) is 18.6 Å². The van der Waals surface area contributed by atoms with Crippen LogP contribution in [0.3, 0.4) is 0 Å². The summed E-state index contributed by atoms with van der Waals surface area (Å²) in [6.07, 6.45) is -0.555. The topological polar surface area (TPSA) is 60.0 Å². The Kier molecular flexibility index (Phi) is 5.64. The van der Waals surface area contributed by atoms with Gasteiger partial charge in [-0.2, -0.15) is 0 Å². The van der Waals surface area contributed by atoms with E-state index >= 15 is 0 Å². The van der Waals surface area contributed by atoms with Crippen molar-refractivity contribution >= 4 is 0 Å². The fraction of sp³-hybridized carbons (Fsp3) is 0.600. The maximum Gasteiger partial charge on any atom is 0.161 e. The van der Waals surface area contributed by atoms with Gasteiger partial charge in [-0.05, 0) is 23.6 Å². The van der Waals surface area contributed by atoms with Gasteiger partial charge in [-0.25, -0.2) is 0 Å². The molecule has 2 atom stereocenters. The van der Waals surface area contributed by atoms with Crippen molar-refractivity contribution in [1.82, 2.24) is 5.32 Å². The van der Waals surface area contributed by atoms with Gasteiger partial charge < -0.3 is 24.6 Å². The molecule has 2 unspecified atom stereocenters. The van der Waals surface area contributed by atoms with Gasteiger partial charge in [0.25, 0.3) is 0 Å². The maximum atomic E-state index is 10.2. The molecule has 0 fully saturated rings. The van der Waals surface area contributed by atoms with Crippen molar-refractivity contribution in [2.45, 2.75) is 13.0 Å². The van der Waals surface area contributed by atoms with Gasteiger partial charge in [-0.3, -0.25) is 0 Å². The molecule has 1 aliphatic rings. The first-order valence-corrected chi connectivity index (χ1v) is 6.98. The normalized spacial score (nSPS) is 16.8. The Morgan fingerprint density at radius 3 is 2.75 bits per heavy atom. The molecule has 0 radical (unpaired) electrons. The zero-order valence-corrected chi connectivity index (χ0v) is 12.1. The van der Waals surface area contributed by atoms with Crippen LogP contribution in [0.25, 0.3) is 0 Å². The molecule has 0 saturated heterocycles. The van der Waals surface area contributed by atoms with Crippen LogP contribution in [-0.2, 0) is 4.74 Å². The molecule has 0 amide bonds. The van der Waals surface area contributed by atoms with E-state index in [0.717, 1.165) is 17.9 Å². The number of rotatable bonds is 7. The number of aliphatic hydroxyl groups is 1. The molecule has 0 bridgehead atoms. The average Bonchev–Trinajstić information content (AvgIpc) is 2.47. The summed E-state index contributed by atoms with van der Waals surface area (Å²) >= 11 is 0. The predicted molar refractivity (Wildman–Crippen MR) is 76.3 cm³/mol. The largest absolute Gasteiger partial charge is 0.486 e. The summed E-state index contributed by atoms with van der Waals surface area (Å²) in [5.41, 5.74) is 0.834. The lowest BCUT2D eigenvalue weighted by atomic mass is 10.1. The van der Waals surface area contributed by atoms with Crippen molar-refractivity contribution in [3.05, 3.63) is 23.8 Å². The van der Waals surface area contributed by atoms with Crippen molar-refractivity contribution in [3.63, 3.8) is 0 Å². The van der Waals surface area contributed by atoms with Gasteiger partial charge in [0, 0.05) is 26.8 Å². The van der Waals surface area contributed by atoms with Crippen LogP contribution in [-0.4, -0.2) is 45.1 Å². The van der Waals surface area contributed by atoms with Gasteiger partial charge in [-0.15, -0.1) is 0 Å². The summed E-state index contributed by atoms with van der Waals surface area (Å²) in [4.78, 5) is 0. The Morgan fingerprint density at radius 1 is 1.25 bits per heavy atom. The van der Waals surface area contributed by atoms with Gasteiger partial charge in [0.2, 0.25) is 0 Å². The fourth-order valence-corrected chi connectivity index (χ4v) is 2.19. The number of benzene rings is 1. The second-order valence-corrected chi connectivity index (χ2v) is 5.14. The molecule has 20 heavy (non-hydrogen) atoms. The van der Waals surface area contributed by atoms with Gasteiger partial charge in [-0.1, -0.05) is 13.0 Å². The predicted octanol–water partition coefficient (Wildman–Crippen LogP) is 1.36. The minimum Gasteiger partial charge on any atom is -0.486 e. The monoisotopic (exact) mass is 281 g/mol. The number of nitrogens with one attached hydrogen (secondary N) is 1. The first kappa shape index (κ1) is 15.1. The van der Waals surface area contributed by atoms with Crippen molar-refractivity contribution in [2.24, 2.45) is 5.92 Å². The highest BCUT2D eigenvalue weighted by molar-refractivity contribution is 5.44. The molecule has 5 nitrogen and oxygen atoms in total. The Labute approximate surface area is 119 Å². The third kappa shape index (κ3) is 4.10. The second kappa shape index (κ2) is 7.47. The second-order valence-electron chi connectivity index (χ2n) is 5.14. The number of ether oxygens (including phenoxy) is 3. The number of fused-ring (bicyclic) bond motifs is 1. The van der Waals surface area contributed by atoms with Gasteiger partial charge >= 0.3 is 0 Å². The number of aliphatic hydroxyl groups excluding tert-OH is 1. The molecule has 1 aromatic carbocycles. The quantitative estimate of drug-likeness (QED) is 0.790. The third-order valence-corrected chi connectivity index (χ3v) is 3.23. The van der Waals surface area contributed by atoms with Crippen LogP contribution < -0.4 is 14.8 Å². The van der Waals surface area contributed by atoms with E-state index < -0.39 is 6.10 Å². The minimum atomic E-state index is -0.555. The highest BCUT2D eigenvalue weighted by Crippen LogP contribution is 2.32. The van der Waals surface area contributed by atoms with Crippen LogP contribution in [0.5, 0.6) is 11.5 Å². The summed E-state index contributed by atoms with van der Waals surface area (Å²) in [6, 6.07) is 5.57. The summed E-state index contributed by atoms with van der Waals surface area (Å²) in [5.74, 6) is 1.88. The molecule has 2 rings (SSSR count). The first-order valence-electron chi connectivity index (χ1n) is 6.98. The van der Waals surface area contributed by atoms with Crippen LogP contribution in [0.4, 0.5) is 0 Å². The van der Waals surface area contributed by atoms with E-state index in [1.807, 2.05) is 18.2 Å². The van der Waals surface area contributed by atoms with Crippen LogP contribution >= 0.6 is 0 Å². The highest BCUT2D eigenvalue weighted by atomic mass is 16.6. The molecular weight excluding hydrogens is 258 g/mol. The van der Waals surface area contributed by atoms with Crippen molar-refractivity contribution in [1.29, 1.82) is 0 Å². The molecule has 1 aromatic rings. The molecule has 0 spiro atoms. The van der Waals surface area contributed by atoms with Crippen LogP contribution in [0.2, 0.25) is 0 Å². The third-order valence-electron chi connectivity index (χ3n) is 3.23. The lowest BCUT2D eigenvalue weighted by Gasteiger charge is -2.20. The molecule has 0 aliphatic carbocycles. The number of hydrogen-bond acceptors (Lipinski definition) is 5. The standard InChI is InChI=1S/C15H23NO4/c1-11(10-18-2)8-16-9-13(17)12-3-4-14-15(7-12)20-6-5-19-14/h3-4,7,11,13,16-17H,5-6,8-10H2,1-2H3. The minimum absolute atomic E-state index is 0.424. The van der Waals surface area contributed by atoms with Crippen molar-refractivity contribution in [3.8, 4) is 11.5 Å². The molecule has 112 valence electrons. The Balaban J connectivity index is 1.84. The van der Waals surface area contributed by atoms with E-state index in [-0.39, 0.29) is 0 Å². The molecular formula is C15H23NO4. The van der Waals surface area contributed by atoms with E-state index in [1.54, 1.807) is 7.11 Å². The van der Waals surface area contributed by atoms with E-state index in [0.29, 0.717) is 38.0 Å². The molecule has 2 N–H and O–H groups in total. The van der Waals surface area contributed by atoms with Crippen LogP contribution in [0, 0.1) is 5.92 Å². The lowest BCUT2D eigenvalue weighted by molar-refractivity contribution is 0.146. The highest BCUT2D eigenvalue weighted by Gasteiger charge is 2.15. The average molecular weight is 281 g/mol. The fourth-order valence-electron chi connectivity index (χ4n) is 2.19. The molecule has 0 saturated carbocycles. The van der Waals surface area contributed by atoms with E-state index in [4.69, 9.17) is 14.2 Å². The SMILES string of the molecule is COCC(C)CNCC(O)c1ccc2c(c1)OCCO2. The Bertz CT molecular complexity index is 424. The molecule has 0 aromatic heterocycles. The molecule has 5 heteroatoms. The van der Waals surface area contributed by atoms with E-state index in [9.17, 15) is 5.11 Å². The summed E-state index contributed by atoms with van der Waals surface area (Å²) in [7, 11) is 1.69. The van der Waals surface area contributed by atoms with Gasteiger partial charge in [0.15, 0.2) is 11.5 Å². The maximum absolute atomic E-state index is 10.2. The van der Waals surface area contributed by atoms with Gasteiger partial charge in [0.1, 0.15) is 13.2 Å². The summed E-state index contributed by atoms with van der Waals surface area (Å²) < 4.78 is 16.1. The number of hydrogen-bond donors (Lipinski definition) is 2. The smallest absolute Gasteiger partial charge is 0.161 e. The molecule has 1 aliphatic heterocycles. The summed E-state index contributed by atoms with van der Waals surface area (Å²) in [5, 5.41) is 13.4. The van der Waals surface area contributed by atoms with Crippen molar-refractivity contribution in [2.75, 3.05) is 40.0 Å². The zero-order chi connectivity index (χ0) is 14.4. The van der Waals surface area contributed by atoms with Crippen molar-refractivity contribution < 1.29 is 19.3 Å². The summed E-state index contributed by atoms with van der Waals surface area (Å²) in [6.45, 7) is 5.27. The molecule has 1 heterocycles. The number of methoxy groups -OCH3 is 1. The van der Waals surface area contributed by atoms with E-state index in [1.165, 1.54) is 0 Å². The lowest BCUT2D eigenvalue weighted by Crippen LogP contribution is -2.28. The van der Waals surface area contributed by atoms with E-state index in [2.05, 4.69) is 12.2 Å².